The van der Waals surface area contributed by atoms with E-state index in [9.17, 15) is 4.79 Å². The number of ether oxygens (including phenoxy) is 1. The number of carbonyl (C=O) groups is 1. The topological polar surface area (TPSA) is 79.0 Å². The Morgan fingerprint density at radius 3 is 2.67 bits per heavy atom. The van der Waals surface area contributed by atoms with E-state index >= 15 is 0 Å². The van der Waals surface area contributed by atoms with Crippen LogP contribution in [0, 0.1) is 0 Å². The first-order valence-corrected chi connectivity index (χ1v) is 9.65. The predicted octanol–water partition coefficient (Wildman–Crippen LogP) is 5.58. The number of methoxy groups -OCH3 is 1. The number of amides is 1. The Bertz CT molecular complexity index is 1420. The van der Waals surface area contributed by atoms with Crippen LogP contribution in [0.25, 0.3) is 32.8 Å². The highest BCUT2D eigenvalue weighted by molar-refractivity contribution is 6.14. The van der Waals surface area contributed by atoms with Gasteiger partial charge in [0, 0.05) is 29.4 Å². The van der Waals surface area contributed by atoms with Crippen molar-refractivity contribution < 1.29 is 9.53 Å². The van der Waals surface area contributed by atoms with Gasteiger partial charge in [0.25, 0.3) is 0 Å². The van der Waals surface area contributed by atoms with Crippen molar-refractivity contribution in [2.24, 2.45) is 0 Å². The maximum atomic E-state index is 11.3. The SMILES string of the molecule is COc1cc(NC(C)=O)ccc1Nc1cccc2[nH]c3cc4ccccc4nc3c12. The quantitative estimate of drug-likeness (QED) is 0.370. The summed E-state index contributed by atoms with van der Waals surface area (Å²) in [5, 5.41) is 8.37. The summed E-state index contributed by atoms with van der Waals surface area (Å²) in [7, 11) is 1.61. The Labute approximate surface area is 172 Å². The molecule has 0 aliphatic carbocycles. The lowest BCUT2D eigenvalue weighted by molar-refractivity contribution is -0.114. The summed E-state index contributed by atoms with van der Waals surface area (Å²) in [5.74, 6) is 0.510. The molecule has 3 aromatic carbocycles. The van der Waals surface area contributed by atoms with Crippen molar-refractivity contribution in [1.29, 1.82) is 0 Å². The van der Waals surface area contributed by atoms with Crippen LogP contribution in [0.15, 0.2) is 66.7 Å². The zero-order valence-corrected chi connectivity index (χ0v) is 16.6. The molecule has 6 heteroatoms. The number of rotatable bonds is 4. The Balaban J connectivity index is 1.64. The highest BCUT2D eigenvalue weighted by Gasteiger charge is 2.13. The molecule has 5 aromatic rings. The van der Waals surface area contributed by atoms with Gasteiger partial charge in [-0.2, -0.15) is 0 Å². The van der Waals surface area contributed by atoms with Crippen molar-refractivity contribution >= 4 is 55.8 Å². The van der Waals surface area contributed by atoms with E-state index in [0.717, 1.165) is 44.2 Å². The van der Waals surface area contributed by atoms with Crippen molar-refractivity contribution in [2.75, 3.05) is 17.7 Å². The molecule has 6 nitrogen and oxygen atoms in total. The van der Waals surface area contributed by atoms with Crippen LogP contribution in [-0.2, 0) is 4.79 Å². The first kappa shape index (κ1) is 18.0. The summed E-state index contributed by atoms with van der Waals surface area (Å²) >= 11 is 0. The lowest BCUT2D eigenvalue weighted by Gasteiger charge is -2.14. The molecule has 0 spiro atoms. The number of benzene rings is 3. The number of nitrogens with zero attached hydrogens (tertiary/aromatic N) is 1. The van der Waals surface area contributed by atoms with E-state index in [1.807, 2.05) is 48.5 Å². The largest absolute Gasteiger partial charge is 0.494 e. The molecule has 0 aliphatic heterocycles. The van der Waals surface area contributed by atoms with Crippen LogP contribution in [0.1, 0.15) is 6.92 Å². The molecule has 0 radical (unpaired) electrons. The maximum absolute atomic E-state index is 11.3. The van der Waals surface area contributed by atoms with E-state index in [-0.39, 0.29) is 5.91 Å². The molecule has 148 valence electrons. The minimum atomic E-state index is -0.125. The Kier molecular flexibility index (Phi) is 4.25. The van der Waals surface area contributed by atoms with Gasteiger partial charge in [-0.25, -0.2) is 4.98 Å². The fourth-order valence-electron chi connectivity index (χ4n) is 3.78. The number of hydrogen-bond donors (Lipinski definition) is 3. The average molecular weight is 396 g/mol. The third-order valence-corrected chi connectivity index (χ3v) is 5.09. The molecular formula is C24H20N4O2. The van der Waals surface area contributed by atoms with Gasteiger partial charge in [-0.1, -0.05) is 24.3 Å². The normalized spacial score (nSPS) is 11.1. The minimum Gasteiger partial charge on any atom is -0.494 e. The molecule has 2 aromatic heterocycles. The number of aromatic amines is 1. The van der Waals surface area contributed by atoms with Crippen LogP contribution in [0.4, 0.5) is 17.1 Å². The molecule has 0 saturated carbocycles. The van der Waals surface area contributed by atoms with Crippen molar-refractivity contribution in [3.05, 3.63) is 66.7 Å². The number of carbonyl (C=O) groups excluding carboxylic acids is 1. The molecule has 2 heterocycles. The lowest BCUT2D eigenvalue weighted by atomic mass is 10.1. The van der Waals surface area contributed by atoms with Gasteiger partial charge in [0.05, 0.1) is 40.6 Å². The first-order valence-electron chi connectivity index (χ1n) is 9.65. The summed E-state index contributed by atoms with van der Waals surface area (Å²) in [6.07, 6.45) is 0. The summed E-state index contributed by atoms with van der Waals surface area (Å²) < 4.78 is 5.54. The number of para-hydroxylation sites is 1. The number of pyridine rings is 1. The maximum Gasteiger partial charge on any atom is 0.221 e. The van der Waals surface area contributed by atoms with Gasteiger partial charge in [-0.15, -0.1) is 0 Å². The Morgan fingerprint density at radius 1 is 0.967 bits per heavy atom. The van der Waals surface area contributed by atoms with Gasteiger partial charge >= 0.3 is 0 Å². The van der Waals surface area contributed by atoms with Crippen molar-refractivity contribution in [3.63, 3.8) is 0 Å². The molecule has 5 rings (SSSR count). The summed E-state index contributed by atoms with van der Waals surface area (Å²) in [5.41, 5.74) is 6.28. The van der Waals surface area contributed by atoms with Crippen LogP contribution >= 0.6 is 0 Å². The average Bonchev–Trinajstić information content (AvgIpc) is 3.11. The number of nitrogens with one attached hydrogen (secondary N) is 3. The fourth-order valence-corrected chi connectivity index (χ4v) is 3.78. The first-order chi connectivity index (χ1) is 14.6. The minimum absolute atomic E-state index is 0.125. The van der Waals surface area contributed by atoms with Gasteiger partial charge in [0.15, 0.2) is 0 Å². The van der Waals surface area contributed by atoms with Crippen LogP contribution in [-0.4, -0.2) is 23.0 Å². The molecule has 0 aliphatic rings. The second kappa shape index (κ2) is 7.08. The fraction of sp³-hybridized carbons (Fsp3) is 0.0833. The van der Waals surface area contributed by atoms with E-state index < -0.39 is 0 Å². The molecule has 3 N–H and O–H groups in total. The number of H-pyrrole nitrogens is 1. The van der Waals surface area contributed by atoms with Crippen molar-refractivity contribution in [3.8, 4) is 5.75 Å². The van der Waals surface area contributed by atoms with Crippen molar-refractivity contribution in [1.82, 2.24) is 9.97 Å². The van der Waals surface area contributed by atoms with E-state index in [0.29, 0.717) is 11.4 Å². The van der Waals surface area contributed by atoms with Gasteiger partial charge in [0.2, 0.25) is 5.91 Å². The van der Waals surface area contributed by atoms with E-state index in [1.54, 1.807) is 13.2 Å². The zero-order valence-electron chi connectivity index (χ0n) is 16.6. The highest BCUT2D eigenvalue weighted by atomic mass is 16.5. The van der Waals surface area contributed by atoms with Gasteiger partial charge < -0.3 is 20.4 Å². The predicted molar refractivity (Wildman–Crippen MR) is 122 cm³/mol. The monoisotopic (exact) mass is 396 g/mol. The van der Waals surface area contributed by atoms with E-state index in [2.05, 4.69) is 27.8 Å². The Morgan fingerprint density at radius 2 is 1.83 bits per heavy atom. The van der Waals surface area contributed by atoms with Gasteiger partial charge in [-0.3, -0.25) is 4.79 Å². The number of fused-ring (bicyclic) bond motifs is 4. The Hall–Kier alpha value is -4.06. The summed E-state index contributed by atoms with van der Waals surface area (Å²) in [4.78, 5) is 19.7. The molecule has 0 bridgehead atoms. The molecule has 0 unspecified atom stereocenters. The number of hydrogen-bond acceptors (Lipinski definition) is 4. The standard InChI is InChI=1S/C24H20N4O2/c1-14(29)25-16-10-11-18(22(13-16)30-2)26-19-8-5-9-20-23(19)24-21(27-20)12-15-6-3-4-7-17(15)28-24/h3-13,26-27H,1-2H3,(H,25,29). The molecule has 0 atom stereocenters. The third kappa shape index (κ3) is 3.08. The molecular weight excluding hydrogens is 376 g/mol. The number of aromatic nitrogens is 2. The second-order valence-corrected chi connectivity index (χ2v) is 7.15. The van der Waals surface area contributed by atoms with Crippen LogP contribution in [0.5, 0.6) is 5.75 Å². The zero-order chi connectivity index (χ0) is 20.7. The smallest absolute Gasteiger partial charge is 0.221 e. The lowest BCUT2D eigenvalue weighted by Crippen LogP contribution is -2.06. The summed E-state index contributed by atoms with van der Waals surface area (Å²) in [6, 6.07) is 21.8. The summed E-state index contributed by atoms with van der Waals surface area (Å²) in [6.45, 7) is 1.48. The van der Waals surface area contributed by atoms with E-state index in [4.69, 9.17) is 9.72 Å². The van der Waals surface area contributed by atoms with Crippen LogP contribution in [0.2, 0.25) is 0 Å². The molecule has 30 heavy (non-hydrogen) atoms. The van der Waals surface area contributed by atoms with Gasteiger partial charge in [-0.05, 0) is 36.4 Å². The van der Waals surface area contributed by atoms with Crippen LogP contribution < -0.4 is 15.4 Å². The third-order valence-electron chi connectivity index (χ3n) is 5.09. The molecule has 0 saturated heterocycles. The highest BCUT2D eigenvalue weighted by Crippen LogP contribution is 2.36. The molecule has 1 amide bonds. The molecule has 0 fully saturated rings. The van der Waals surface area contributed by atoms with Crippen LogP contribution in [0.3, 0.4) is 0 Å². The van der Waals surface area contributed by atoms with Crippen molar-refractivity contribution in [2.45, 2.75) is 6.92 Å². The van der Waals surface area contributed by atoms with E-state index in [1.165, 1.54) is 6.92 Å². The van der Waals surface area contributed by atoms with Gasteiger partial charge in [0.1, 0.15) is 5.75 Å². The second-order valence-electron chi connectivity index (χ2n) is 7.15. The number of anilines is 3.